The molecule has 1 aromatic carbocycles. The van der Waals surface area contributed by atoms with E-state index >= 15 is 0 Å². The normalized spacial score (nSPS) is 14.3. The van der Waals surface area contributed by atoms with E-state index in [2.05, 4.69) is 17.2 Å². The van der Waals surface area contributed by atoms with Crippen LogP contribution >= 0.6 is 11.3 Å². The van der Waals surface area contributed by atoms with Crippen molar-refractivity contribution >= 4 is 34.3 Å². The summed E-state index contributed by atoms with van der Waals surface area (Å²) < 4.78 is 7.35. The third-order valence-electron chi connectivity index (χ3n) is 4.63. The summed E-state index contributed by atoms with van der Waals surface area (Å²) in [6, 6.07) is 9.53. The molecule has 0 bridgehead atoms. The minimum absolute atomic E-state index is 0.0415. The maximum Gasteiger partial charge on any atom is 0.262 e. The first-order valence-corrected chi connectivity index (χ1v) is 10.8. The molecular weight excluding hydrogens is 398 g/mol. The molecule has 2 aromatic heterocycles. The molecule has 154 valence electrons. The predicted molar refractivity (Wildman–Crippen MR) is 119 cm³/mol. The number of nitrogens with one attached hydrogen (secondary N) is 1. The van der Waals surface area contributed by atoms with E-state index in [0.717, 1.165) is 46.7 Å². The van der Waals surface area contributed by atoms with Gasteiger partial charge in [-0.2, -0.15) is 5.10 Å². The third-order valence-corrected chi connectivity index (χ3v) is 5.44. The van der Waals surface area contributed by atoms with Crippen LogP contribution in [0.15, 0.2) is 58.2 Å². The quantitative estimate of drug-likeness (QED) is 0.591. The number of rotatable bonds is 6. The van der Waals surface area contributed by atoms with Crippen LogP contribution in [0.3, 0.4) is 0 Å². The van der Waals surface area contributed by atoms with Crippen molar-refractivity contribution in [2.75, 3.05) is 11.9 Å². The van der Waals surface area contributed by atoms with E-state index in [0.29, 0.717) is 11.4 Å². The summed E-state index contributed by atoms with van der Waals surface area (Å²) in [7, 11) is 0. The number of amides is 1. The lowest BCUT2D eigenvalue weighted by atomic mass is 10.1. The van der Waals surface area contributed by atoms with Gasteiger partial charge in [0.2, 0.25) is 4.80 Å². The second-order valence-electron chi connectivity index (χ2n) is 7.02. The number of hydrogen-bond donors (Lipinski definition) is 1. The fourth-order valence-electron chi connectivity index (χ4n) is 3.10. The molecule has 1 amide bonds. The summed E-state index contributed by atoms with van der Waals surface area (Å²) in [5.41, 5.74) is 4.31. The lowest BCUT2D eigenvalue weighted by Gasteiger charge is -2.18. The number of hydrogen-bond acceptors (Lipinski definition) is 6. The lowest BCUT2D eigenvalue weighted by Crippen LogP contribution is -2.25. The molecule has 7 nitrogen and oxygen atoms in total. The van der Waals surface area contributed by atoms with Crippen LogP contribution in [0.1, 0.15) is 33.1 Å². The zero-order chi connectivity index (χ0) is 20.9. The molecule has 4 rings (SSSR count). The van der Waals surface area contributed by atoms with E-state index in [-0.39, 0.29) is 12.5 Å². The van der Waals surface area contributed by atoms with Crippen molar-refractivity contribution in [3.8, 4) is 17.0 Å². The number of nitrogens with zero attached hydrogens (tertiary/aromatic N) is 4. The Labute approximate surface area is 178 Å². The fraction of sp³-hybridized carbons (Fsp3) is 0.273. The number of benzene rings is 1. The van der Waals surface area contributed by atoms with E-state index < -0.39 is 0 Å². The molecule has 0 radical (unpaired) electrons. The Kier molecular flexibility index (Phi) is 6.04. The monoisotopic (exact) mass is 421 g/mol. The Morgan fingerprint density at radius 1 is 1.37 bits per heavy atom. The Bertz CT molecular complexity index is 1150. The Morgan fingerprint density at radius 3 is 3.07 bits per heavy atom. The molecule has 0 unspecified atom stereocenters. The van der Waals surface area contributed by atoms with Crippen molar-refractivity contribution < 1.29 is 9.53 Å². The number of thiazole rings is 1. The number of unbranched alkanes of at least 4 members (excludes halogenated alkanes) is 1. The van der Waals surface area contributed by atoms with E-state index in [4.69, 9.17) is 14.8 Å². The topological polar surface area (TPSA) is 80.9 Å². The molecule has 1 aliphatic rings. The first-order valence-electron chi connectivity index (χ1n) is 9.91. The molecule has 0 fully saturated rings. The molecule has 0 aliphatic carbocycles. The zero-order valence-corrected chi connectivity index (χ0v) is 17.8. The maximum atomic E-state index is 11.7. The predicted octanol–water partition coefficient (Wildman–Crippen LogP) is 4.59. The number of ether oxygens (including phenoxy) is 1. The van der Waals surface area contributed by atoms with Crippen molar-refractivity contribution in [2.45, 2.75) is 33.1 Å². The van der Waals surface area contributed by atoms with Crippen molar-refractivity contribution in [3.63, 3.8) is 0 Å². The zero-order valence-electron chi connectivity index (χ0n) is 17.0. The smallest absolute Gasteiger partial charge is 0.262 e. The second kappa shape index (κ2) is 9.04. The van der Waals surface area contributed by atoms with Crippen molar-refractivity contribution in [3.05, 3.63) is 52.9 Å². The molecule has 0 saturated carbocycles. The third kappa shape index (κ3) is 4.49. The van der Waals surface area contributed by atoms with Gasteiger partial charge in [0.1, 0.15) is 5.75 Å². The summed E-state index contributed by atoms with van der Waals surface area (Å²) in [5, 5.41) is 9.76. The largest absolute Gasteiger partial charge is 0.482 e. The van der Waals surface area contributed by atoms with Crippen LogP contribution in [0.25, 0.3) is 11.3 Å². The van der Waals surface area contributed by atoms with Crippen LogP contribution in [-0.2, 0) is 4.79 Å². The number of carbonyl (C=O) groups excluding carboxylic acids is 1. The molecule has 30 heavy (non-hydrogen) atoms. The Morgan fingerprint density at radius 2 is 2.27 bits per heavy atom. The highest BCUT2D eigenvalue weighted by Gasteiger charge is 2.18. The van der Waals surface area contributed by atoms with Gasteiger partial charge in [-0.25, -0.2) is 9.67 Å². The van der Waals surface area contributed by atoms with E-state index in [1.807, 2.05) is 47.3 Å². The van der Waals surface area contributed by atoms with Gasteiger partial charge in [0.05, 0.1) is 23.3 Å². The molecule has 0 saturated heterocycles. The van der Waals surface area contributed by atoms with Gasteiger partial charge < -0.3 is 10.1 Å². The minimum atomic E-state index is -0.154. The standard InChI is InChI=1S/C22H23N5O2S/c1-3-4-6-15(2)26-27-19(14-30-22(27)24-17-7-5-10-23-12-17)16-8-9-20-18(11-16)25-21(28)13-29-20/h5,7-12,14H,3-4,6,13H2,1-2H3,(H,25,28). The van der Waals surface area contributed by atoms with E-state index in [1.54, 1.807) is 12.4 Å². The fourth-order valence-corrected chi connectivity index (χ4v) is 3.95. The number of anilines is 1. The van der Waals surface area contributed by atoms with Gasteiger partial charge >= 0.3 is 0 Å². The van der Waals surface area contributed by atoms with Gasteiger partial charge in [-0.1, -0.05) is 13.3 Å². The van der Waals surface area contributed by atoms with Crippen LogP contribution in [0.2, 0.25) is 0 Å². The molecule has 3 heterocycles. The first-order chi connectivity index (χ1) is 14.6. The summed E-state index contributed by atoms with van der Waals surface area (Å²) >= 11 is 1.51. The highest BCUT2D eigenvalue weighted by molar-refractivity contribution is 7.07. The minimum Gasteiger partial charge on any atom is -0.482 e. The molecule has 3 aromatic rings. The summed E-state index contributed by atoms with van der Waals surface area (Å²) in [6.45, 7) is 4.25. The SMILES string of the molecule is CCCCC(C)=Nn1c(-c2ccc3c(c2)NC(=O)CO3)csc1=Nc1cccnc1. The number of carbonyl (C=O) groups is 1. The van der Waals surface area contributed by atoms with Crippen molar-refractivity contribution in [1.29, 1.82) is 0 Å². The van der Waals surface area contributed by atoms with E-state index in [1.165, 1.54) is 11.3 Å². The lowest BCUT2D eigenvalue weighted by molar-refractivity contribution is -0.118. The summed E-state index contributed by atoms with van der Waals surface area (Å²) in [4.78, 5) is 21.3. The Hall–Kier alpha value is -3.26. The van der Waals surface area contributed by atoms with Crippen LogP contribution in [-0.4, -0.2) is 27.9 Å². The average molecular weight is 422 g/mol. The van der Waals surface area contributed by atoms with Crippen LogP contribution in [0.4, 0.5) is 11.4 Å². The molecule has 8 heteroatoms. The van der Waals surface area contributed by atoms with Gasteiger partial charge in [-0.15, -0.1) is 11.3 Å². The van der Waals surface area contributed by atoms with Gasteiger partial charge in [0.15, 0.2) is 6.61 Å². The number of pyridine rings is 1. The molecule has 0 atom stereocenters. The molecular formula is C22H23N5O2S. The van der Waals surface area contributed by atoms with Crippen molar-refractivity contribution in [1.82, 2.24) is 9.66 Å². The maximum absolute atomic E-state index is 11.7. The summed E-state index contributed by atoms with van der Waals surface area (Å²) in [6.07, 6.45) is 6.59. The van der Waals surface area contributed by atoms with Gasteiger partial charge in [0.25, 0.3) is 5.91 Å². The number of fused-ring (bicyclic) bond motifs is 1. The Balaban J connectivity index is 1.81. The molecule has 1 N–H and O–H groups in total. The van der Waals surface area contributed by atoms with Crippen LogP contribution < -0.4 is 14.9 Å². The van der Waals surface area contributed by atoms with Crippen molar-refractivity contribution in [2.24, 2.45) is 10.1 Å². The van der Waals surface area contributed by atoms with Crippen LogP contribution in [0, 0.1) is 0 Å². The number of aromatic nitrogens is 2. The molecule has 0 spiro atoms. The summed E-state index contributed by atoms with van der Waals surface area (Å²) in [5.74, 6) is 0.515. The highest BCUT2D eigenvalue weighted by atomic mass is 32.1. The second-order valence-corrected chi connectivity index (χ2v) is 7.86. The van der Waals surface area contributed by atoms with Crippen LogP contribution in [0.5, 0.6) is 5.75 Å². The van der Waals surface area contributed by atoms with Gasteiger partial charge in [-0.3, -0.25) is 9.78 Å². The van der Waals surface area contributed by atoms with Gasteiger partial charge in [0, 0.05) is 22.9 Å². The highest BCUT2D eigenvalue weighted by Crippen LogP contribution is 2.33. The first kappa shape index (κ1) is 20.0. The van der Waals surface area contributed by atoms with E-state index in [9.17, 15) is 4.79 Å². The average Bonchev–Trinajstić information content (AvgIpc) is 3.14. The molecule has 1 aliphatic heterocycles. The van der Waals surface area contributed by atoms with Gasteiger partial charge in [-0.05, 0) is 50.1 Å².